The molecule has 2 heterocycles. The molecule has 0 amide bonds. The van der Waals surface area contributed by atoms with Crippen molar-refractivity contribution < 1.29 is 9.59 Å². The molecular formula is C38H38N4O2. The maximum absolute atomic E-state index is 13.5. The molecule has 0 spiro atoms. The van der Waals surface area contributed by atoms with Crippen molar-refractivity contribution in [3.63, 3.8) is 0 Å². The highest BCUT2D eigenvalue weighted by Crippen LogP contribution is 2.21. The summed E-state index contributed by atoms with van der Waals surface area (Å²) in [4.78, 5) is 36.2. The summed E-state index contributed by atoms with van der Waals surface area (Å²) in [6.45, 7) is 5.65. The summed E-state index contributed by atoms with van der Waals surface area (Å²) in [7, 11) is 0. The number of carbonyl (C=O) groups is 2. The van der Waals surface area contributed by atoms with Gasteiger partial charge in [0.2, 0.25) is 0 Å². The second-order valence-electron chi connectivity index (χ2n) is 11.6. The van der Waals surface area contributed by atoms with Crippen molar-refractivity contribution in [1.29, 1.82) is 0 Å². The van der Waals surface area contributed by atoms with E-state index in [0.29, 0.717) is 24.2 Å². The smallest absolute Gasteiger partial charge is 0.191 e. The largest absolute Gasteiger partial charge is 0.360 e. The first-order valence-electron chi connectivity index (χ1n) is 15.2. The lowest BCUT2D eigenvalue weighted by atomic mass is 10.0. The Kier molecular flexibility index (Phi) is 9.41. The van der Waals surface area contributed by atoms with Crippen LogP contribution in [0.25, 0.3) is 0 Å². The van der Waals surface area contributed by atoms with E-state index in [9.17, 15) is 9.59 Å². The highest BCUT2D eigenvalue weighted by Gasteiger charge is 2.26. The Morgan fingerprint density at radius 3 is 1.18 bits per heavy atom. The van der Waals surface area contributed by atoms with Crippen molar-refractivity contribution in [2.24, 2.45) is 0 Å². The van der Waals surface area contributed by atoms with Crippen LogP contribution in [0.15, 0.2) is 145 Å². The maximum Gasteiger partial charge on any atom is 0.191 e. The molecule has 0 radical (unpaired) electrons. The molecule has 0 saturated carbocycles. The van der Waals surface area contributed by atoms with E-state index in [4.69, 9.17) is 0 Å². The average molecular weight is 583 g/mol. The van der Waals surface area contributed by atoms with Crippen LogP contribution in [-0.2, 0) is 13.1 Å². The zero-order valence-corrected chi connectivity index (χ0v) is 25.0. The Bertz CT molecular complexity index is 1480. The molecule has 6 nitrogen and oxygen atoms in total. The summed E-state index contributed by atoms with van der Waals surface area (Å²) >= 11 is 0. The maximum atomic E-state index is 13.5. The number of hydrogen-bond acceptors (Lipinski definition) is 6. The van der Waals surface area contributed by atoms with Crippen LogP contribution < -0.4 is 0 Å². The van der Waals surface area contributed by atoms with Gasteiger partial charge in [-0.2, -0.15) is 0 Å². The van der Waals surface area contributed by atoms with E-state index < -0.39 is 0 Å². The van der Waals surface area contributed by atoms with Crippen LogP contribution in [-0.4, -0.2) is 70.7 Å². The molecule has 0 aromatic heterocycles. The molecule has 0 bridgehead atoms. The van der Waals surface area contributed by atoms with Crippen LogP contribution in [0.5, 0.6) is 0 Å². The van der Waals surface area contributed by atoms with Gasteiger partial charge in [-0.05, 0) is 11.1 Å². The number of carbonyl (C=O) groups excluding carboxylic acids is 2. The first-order valence-corrected chi connectivity index (χ1v) is 15.2. The topological polar surface area (TPSA) is 47.1 Å². The Labute approximate surface area is 260 Å². The van der Waals surface area contributed by atoms with Crippen LogP contribution in [0.2, 0.25) is 0 Å². The van der Waals surface area contributed by atoms with Gasteiger partial charge in [0.15, 0.2) is 11.6 Å². The Hall–Kier alpha value is -4.78. The second kappa shape index (κ2) is 14.1. The molecule has 0 saturated heterocycles. The monoisotopic (exact) mass is 582 g/mol. The standard InChI is InChI=1S/C38H38N4O2/c43-37(33-17-9-3-10-18-33)35-25-39(29-41(27-35)23-31-13-5-1-6-14-31)21-22-40-26-36(38(44)34-19-11-4-12-20-34)28-42(30-40)24-32-15-7-2-8-16-32/h1-20,27-28H,21-26,29-30H2. The van der Waals surface area contributed by atoms with Gasteiger partial charge < -0.3 is 9.80 Å². The predicted molar refractivity (Wildman–Crippen MR) is 175 cm³/mol. The number of benzene rings is 4. The Morgan fingerprint density at radius 1 is 0.477 bits per heavy atom. The number of hydrogen-bond donors (Lipinski definition) is 0. The Balaban J connectivity index is 1.18. The third-order valence-electron chi connectivity index (χ3n) is 8.07. The third kappa shape index (κ3) is 7.59. The highest BCUT2D eigenvalue weighted by atomic mass is 16.1. The SMILES string of the molecule is O=C(C1=CN(Cc2ccccc2)CN(CCN2CC(C(=O)c3ccccc3)=CN(Cc3ccccc3)C2)C1)c1ccccc1. The number of ketones is 2. The lowest BCUT2D eigenvalue weighted by molar-refractivity contribution is 0.0894. The number of nitrogens with zero attached hydrogens (tertiary/aromatic N) is 4. The molecular weight excluding hydrogens is 544 g/mol. The van der Waals surface area contributed by atoms with E-state index in [1.54, 1.807) is 0 Å². The van der Waals surface area contributed by atoms with E-state index >= 15 is 0 Å². The van der Waals surface area contributed by atoms with Gasteiger partial charge in [0.25, 0.3) is 0 Å². The molecule has 4 aromatic rings. The second-order valence-corrected chi connectivity index (χ2v) is 11.6. The van der Waals surface area contributed by atoms with Crippen molar-refractivity contribution in [2.45, 2.75) is 13.1 Å². The molecule has 222 valence electrons. The fourth-order valence-electron chi connectivity index (χ4n) is 5.92. The Morgan fingerprint density at radius 2 is 0.818 bits per heavy atom. The van der Waals surface area contributed by atoms with Crippen molar-refractivity contribution in [3.8, 4) is 0 Å². The number of Topliss-reactive ketones (excluding diaryl/α,β-unsaturated/α-hetero) is 2. The van der Waals surface area contributed by atoms with Crippen LogP contribution in [0, 0.1) is 0 Å². The summed E-state index contributed by atoms with van der Waals surface area (Å²) in [6, 6.07) is 39.8. The highest BCUT2D eigenvalue weighted by molar-refractivity contribution is 6.09. The van der Waals surface area contributed by atoms with Crippen molar-refractivity contribution in [1.82, 2.24) is 19.6 Å². The summed E-state index contributed by atoms with van der Waals surface area (Å²) in [5.41, 5.74) is 5.42. The van der Waals surface area contributed by atoms with E-state index in [-0.39, 0.29) is 11.6 Å². The van der Waals surface area contributed by atoms with Gasteiger partial charge in [-0.15, -0.1) is 0 Å². The summed E-state index contributed by atoms with van der Waals surface area (Å²) < 4.78 is 0. The first kappa shape index (κ1) is 29.3. The molecule has 2 aliphatic rings. The van der Waals surface area contributed by atoms with Crippen LogP contribution in [0.1, 0.15) is 31.8 Å². The van der Waals surface area contributed by atoms with E-state index in [1.807, 2.05) is 85.2 Å². The van der Waals surface area contributed by atoms with Gasteiger partial charge in [-0.3, -0.25) is 19.4 Å². The first-order chi connectivity index (χ1) is 21.6. The van der Waals surface area contributed by atoms with Crippen LogP contribution >= 0.6 is 0 Å². The predicted octanol–water partition coefficient (Wildman–Crippen LogP) is 6.07. The minimum Gasteiger partial charge on any atom is -0.360 e. The minimum absolute atomic E-state index is 0.0686. The van der Waals surface area contributed by atoms with Crippen molar-refractivity contribution in [2.75, 3.05) is 39.5 Å². The molecule has 6 rings (SSSR count). The summed E-state index contributed by atoms with van der Waals surface area (Å²) in [6.07, 6.45) is 4.08. The molecule has 0 fully saturated rings. The van der Waals surface area contributed by atoms with Crippen molar-refractivity contribution in [3.05, 3.63) is 167 Å². The zero-order valence-electron chi connectivity index (χ0n) is 25.0. The van der Waals surface area contributed by atoms with Crippen molar-refractivity contribution >= 4 is 11.6 Å². The van der Waals surface area contributed by atoms with Gasteiger partial charge >= 0.3 is 0 Å². The molecule has 6 heteroatoms. The minimum atomic E-state index is 0.0686. The van der Waals surface area contributed by atoms with Crippen LogP contribution in [0.3, 0.4) is 0 Å². The van der Waals surface area contributed by atoms with Gasteiger partial charge in [0.1, 0.15) is 0 Å². The van der Waals surface area contributed by atoms with E-state index in [1.165, 1.54) is 11.1 Å². The lowest BCUT2D eigenvalue weighted by Crippen LogP contribution is -2.48. The fraction of sp³-hybridized carbons (Fsp3) is 0.211. The molecule has 0 N–H and O–H groups in total. The zero-order chi connectivity index (χ0) is 30.1. The average Bonchev–Trinajstić information content (AvgIpc) is 3.08. The fourth-order valence-corrected chi connectivity index (χ4v) is 5.92. The van der Waals surface area contributed by atoms with Gasteiger partial charge in [-0.1, -0.05) is 121 Å². The molecule has 44 heavy (non-hydrogen) atoms. The van der Waals surface area contributed by atoms with Gasteiger partial charge in [0.05, 0.1) is 13.3 Å². The normalized spacial score (nSPS) is 15.9. The molecule has 0 atom stereocenters. The molecule has 0 unspecified atom stereocenters. The molecule has 2 aliphatic heterocycles. The molecule has 4 aromatic carbocycles. The van der Waals surface area contributed by atoms with Gasteiger partial charge in [0, 0.05) is 73.9 Å². The van der Waals surface area contributed by atoms with Gasteiger partial charge in [-0.25, -0.2) is 0 Å². The quantitative estimate of drug-likeness (QED) is 0.200. The van der Waals surface area contributed by atoms with E-state index in [2.05, 4.69) is 68.1 Å². The molecule has 0 aliphatic carbocycles. The van der Waals surface area contributed by atoms with E-state index in [0.717, 1.165) is 50.7 Å². The third-order valence-corrected chi connectivity index (χ3v) is 8.07. The number of rotatable bonds is 11. The van der Waals surface area contributed by atoms with Crippen LogP contribution in [0.4, 0.5) is 0 Å². The lowest BCUT2D eigenvalue weighted by Gasteiger charge is -2.39. The summed E-state index contributed by atoms with van der Waals surface area (Å²) in [5, 5.41) is 0. The summed E-state index contributed by atoms with van der Waals surface area (Å²) in [5.74, 6) is 0.137.